The first-order valence-electron chi connectivity index (χ1n) is 0.890. The highest BCUT2D eigenvalue weighted by atomic mass is 35.7. The van der Waals surface area contributed by atoms with Gasteiger partial charge in [-0.25, -0.2) is 5.90 Å². The standard InChI is InChI=1S/ClHO4.H3NO/c2-1(3,4)5;1-2/h(H,2,3,4,5);2H,1H2. The average molecular weight is 133 g/mol. The van der Waals surface area contributed by atoms with Crippen molar-refractivity contribution in [1.82, 2.24) is 0 Å². The molecular formula is H4ClNO5. The summed E-state index contributed by atoms with van der Waals surface area (Å²) in [7, 11) is -4.69. The van der Waals surface area contributed by atoms with Gasteiger partial charge in [0.15, 0.2) is 0 Å². The highest BCUT2D eigenvalue weighted by Gasteiger charge is 1.98. The van der Waals surface area contributed by atoms with E-state index in [0.717, 1.165) is 0 Å². The molecule has 0 aliphatic rings. The largest absolute Gasteiger partial charge is 0.320 e. The molecule has 0 saturated heterocycles. The Kier molecular flexibility index (Phi) is 6.09. The summed E-state index contributed by atoms with van der Waals surface area (Å²) in [6, 6.07) is 0. The summed E-state index contributed by atoms with van der Waals surface area (Å²) in [5.74, 6) is 3.50. The first-order chi connectivity index (χ1) is 3.00. The van der Waals surface area contributed by atoms with Crippen molar-refractivity contribution in [2.75, 3.05) is 0 Å². The van der Waals surface area contributed by atoms with Crippen LogP contribution in [0.5, 0.6) is 0 Å². The Hall–Kier alpha value is 0.0500. The number of rotatable bonds is 0. The summed E-state index contributed by atoms with van der Waals surface area (Å²) in [4.78, 5) is 0. The van der Waals surface area contributed by atoms with Gasteiger partial charge in [-0.05, 0) is 0 Å². The molecule has 0 spiro atoms. The highest BCUT2D eigenvalue weighted by Crippen LogP contribution is 1.60. The Morgan fingerprint density at radius 3 is 1.14 bits per heavy atom. The fraction of sp³-hybridized carbons (Fsp3) is 0. The molecule has 0 unspecified atom stereocenters. The third-order valence-electron chi connectivity index (χ3n) is 0. The van der Waals surface area contributed by atoms with Crippen molar-refractivity contribution in [3.63, 3.8) is 0 Å². The fourth-order valence-electron chi connectivity index (χ4n) is 0. The van der Waals surface area contributed by atoms with Crippen molar-refractivity contribution < 1.29 is 34.1 Å². The van der Waals surface area contributed by atoms with Crippen molar-refractivity contribution in [3.05, 3.63) is 0 Å². The third kappa shape index (κ3) is 39700. The van der Waals surface area contributed by atoms with Crippen LogP contribution in [0.25, 0.3) is 0 Å². The Morgan fingerprint density at radius 2 is 1.14 bits per heavy atom. The molecule has 0 radical (unpaired) electrons. The van der Waals surface area contributed by atoms with E-state index < -0.39 is 10.2 Å². The minimum absolute atomic E-state index is 3.50. The summed E-state index contributed by atoms with van der Waals surface area (Å²) < 4.78 is 32.7. The van der Waals surface area contributed by atoms with Crippen molar-refractivity contribution in [2.45, 2.75) is 0 Å². The first kappa shape index (κ1) is 10.1. The van der Waals surface area contributed by atoms with E-state index in [1.165, 1.54) is 0 Å². The monoisotopic (exact) mass is 133 g/mol. The Balaban J connectivity index is 0. The molecule has 46 valence electrons. The van der Waals surface area contributed by atoms with Crippen LogP contribution in [0.3, 0.4) is 0 Å². The summed E-state index contributed by atoms with van der Waals surface area (Å²) in [6.45, 7) is 0. The van der Waals surface area contributed by atoms with Crippen LogP contribution in [0.4, 0.5) is 0 Å². The van der Waals surface area contributed by atoms with Crippen LogP contribution in [-0.2, 0) is 0 Å². The fourth-order valence-corrected chi connectivity index (χ4v) is 0. The first-order valence-corrected chi connectivity index (χ1v) is 2.15. The van der Waals surface area contributed by atoms with Crippen molar-refractivity contribution in [1.29, 1.82) is 0 Å². The van der Waals surface area contributed by atoms with Gasteiger partial charge in [0.2, 0.25) is 0 Å². The summed E-state index contributed by atoms with van der Waals surface area (Å²) in [5, 5.41) is 6.50. The van der Waals surface area contributed by atoms with Crippen LogP contribution >= 0.6 is 0 Å². The van der Waals surface area contributed by atoms with Crippen LogP contribution in [-0.4, -0.2) is 9.87 Å². The van der Waals surface area contributed by atoms with Gasteiger partial charge in [0.05, 0.1) is 14.9 Å². The molecule has 0 aromatic carbocycles. The summed E-state index contributed by atoms with van der Waals surface area (Å²) in [5.41, 5.74) is 0. The molecular weight excluding hydrogens is 129 g/mol. The normalized spacial score (nSPS) is 9.43. The Morgan fingerprint density at radius 1 is 1.14 bits per heavy atom. The van der Waals surface area contributed by atoms with Gasteiger partial charge in [-0.3, -0.25) is 0 Å². The SMILES string of the molecule is NO.[O-][Cl+3]([O-])([O-])O. The number of halogens is 1. The van der Waals surface area contributed by atoms with E-state index in [4.69, 9.17) is 23.8 Å². The Bertz CT molecular complexity index is 23.6. The van der Waals surface area contributed by atoms with Crippen LogP contribution in [0.2, 0.25) is 0 Å². The highest BCUT2D eigenvalue weighted by molar-refractivity contribution is 2.77. The van der Waals surface area contributed by atoms with Crippen molar-refractivity contribution in [2.24, 2.45) is 5.90 Å². The summed E-state index contributed by atoms with van der Waals surface area (Å²) in [6.07, 6.45) is 0. The molecule has 4 N–H and O–H groups in total. The molecule has 0 aromatic heterocycles. The Labute approximate surface area is 41.1 Å². The van der Waals surface area contributed by atoms with Gasteiger partial charge in [0.25, 0.3) is 0 Å². The van der Waals surface area contributed by atoms with Gasteiger partial charge in [-0.1, -0.05) is 0 Å². The van der Waals surface area contributed by atoms with Gasteiger partial charge in [-0.15, -0.1) is 0 Å². The lowest BCUT2D eigenvalue weighted by atomic mass is 13.6. The second-order valence-electron chi connectivity index (χ2n) is 0.396. The topological polar surface area (TPSA) is 136 Å². The van der Waals surface area contributed by atoms with Crippen molar-refractivity contribution in [3.8, 4) is 0 Å². The molecule has 0 amide bonds. The maximum atomic E-state index is 8.60. The lowest BCUT2D eigenvalue weighted by Gasteiger charge is -2.03. The number of hydrogen-bond donors (Lipinski definition) is 3. The molecule has 0 fully saturated rings. The number of hydrogen-bond acceptors (Lipinski definition) is 6. The summed E-state index contributed by atoms with van der Waals surface area (Å²) >= 11 is 0. The third-order valence-corrected chi connectivity index (χ3v) is 0. The maximum absolute atomic E-state index is 8.60. The van der Waals surface area contributed by atoms with E-state index in [9.17, 15) is 0 Å². The van der Waals surface area contributed by atoms with Crippen LogP contribution in [0.1, 0.15) is 0 Å². The van der Waals surface area contributed by atoms with E-state index in [2.05, 4.69) is 5.90 Å². The predicted molar refractivity (Wildman–Crippen MR) is 8.19 cm³/mol. The molecule has 0 aromatic rings. The lowest BCUT2D eigenvalue weighted by molar-refractivity contribution is -1.92. The van der Waals surface area contributed by atoms with E-state index in [0.29, 0.717) is 0 Å². The predicted octanol–water partition coefficient (Wildman–Crippen LogP) is -4.79. The van der Waals surface area contributed by atoms with Gasteiger partial charge >= 0.3 is 0 Å². The average Bonchev–Trinajstić information content (AvgIpc) is 1.36. The molecule has 0 rings (SSSR count). The van der Waals surface area contributed by atoms with Gasteiger partial charge in [0, 0.05) is 0 Å². The molecule has 0 saturated carbocycles. The molecule has 0 aliphatic carbocycles. The van der Waals surface area contributed by atoms with E-state index >= 15 is 0 Å². The smallest absolute Gasteiger partial charge is 0.0777 e. The van der Waals surface area contributed by atoms with Crippen molar-refractivity contribution >= 4 is 0 Å². The molecule has 6 nitrogen and oxygen atoms in total. The second-order valence-corrected chi connectivity index (χ2v) is 1.19. The van der Waals surface area contributed by atoms with Gasteiger partial charge in [0.1, 0.15) is 0 Å². The lowest BCUT2D eigenvalue weighted by Crippen LogP contribution is -2.58. The minimum atomic E-state index is -4.69. The minimum Gasteiger partial charge on any atom is -0.320 e. The van der Waals surface area contributed by atoms with Gasteiger partial charge < -0.3 is 5.21 Å². The molecule has 0 bridgehead atoms. The second kappa shape index (κ2) is 4.22. The van der Waals surface area contributed by atoms with E-state index in [1.54, 1.807) is 0 Å². The molecule has 0 heterocycles. The molecule has 0 aliphatic heterocycles. The zero-order valence-electron chi connectivity index (χ0n) is 3.07. The maximum Gasteiger partial charge on any atom is 0.0777 e. The number of nitrogens with two attached hydrogens (primary N) is 1. The quantitative estimate of drug-likeness (QED) is 0.284. The van der Waals surface area contributed by atoms with Crippen LogP contribution in [0.15, 0.2) is 0 Å². The van der Waals surface area contributed by atoms with Crippen LogP contribution in [0, 0.1) is 10.2 Å². The van der Waals surface area contributed by atoms with Gasteiger partial charge in [-0.2, -0.15) is 14.0 Å². The molecule has 0 atom stereocenters. The zero-order valence-corrected chi connectivity index (χ0v) is 3.83. The molecule has 7 heavy (non-hydrogen) atoms. The van der Waals surface area contributed by atoms with Crippen LogP contribution < -0.4 is 19.9 Å². The zero-order chi connectivity index (χ0) is 6.50. The van der Waals surface area contributed by atoms with E-state index in [-0.39, 0.29) is 0 Å². The molecule has 7 heteroatoms. The van der Waals surface area contributed by atoms with E-state index in [1.807, 2.05) is 0 Å².